The molecule has 0 aromatic carbocycles. The first-order valence-electron chi connectivity index (χ1n) is 9.07. The zero-order valence-electron chi connectivity index (χ0n) is 14.6. The zero-order valence-corrected chi connectivity index (χ0v) is 14.6. The lowest BCUT2D eigenvalue weighted by Gasteiger charge is -2.40. The summed E-state index contributed by atoms with van der Waals surface area (Å²) in [5, 5.41) is 0. The van der Waals surface area contributed by atoms with E-state index < -0.39 is 0 Å². The zero-order chi connectivity index (χ0) is 16.4. The minimum atomic E-state index is -0.296. The highest BCUT2D eigenvalue weighted by molar-refractivity contribution is 5.85. The number of likely N-dealkylation sites (N-methyl/N-ethyl adjacent to an activating group) is 1. The molecule has 3 amide bonds. The number of urea groups is 1. The maximum atomic E-state index is 12.9. The van der Waals surface area contributed by atoms with Gasteiger partial charge in [-0.1, -0.05) is 6.92 Å². The Balaban J connectivity index is 1.63. The fourth-order valence-corrected chi connectivity index (χ4v) is 4.25. The number of hydrogen-bond donors (Lipinski definition) is 0. The molecule has 3 heterocycles. The van der Waals surface area contributed by atoms with Gasteiger partial charge in [-0.25, -0.2) is 4.79 Å². The number of rotatable bonds is 2. The molecule has 6 heteroatoms. The maximum absolute atomic E-state index is 12.9. The van der Waals surface area contributed by atoms with Crippen LogP contribution in [0.2, 0.25) is 0 Å². The van der Waals surface area contributed by atoms with Crippen molar-refractivity contribution in [3.05, 3.63) is 0 Å². The molecule has 1 unspecified atom stereocenters. The van der Waals surface area contributed by atoms with Gasteiger partial charge in [-0.05, 0) is 32.7 Å². The summed E-state index contributed by atoms with van der Waals surface area (Å²) in [7, 11) is 2.09. The van der Waals surface area contributed by atoms with Crippen molar-refractivity contribution in [3.63, 3.8) is 0 Å². The minimum absolute atomic E-state index is 0.135. The van der Waals surface area contributed by atoms with Crippen molar-refractivity contribution in [1.29, 1.82) is 0 Å². The van der Waals surface area contributed by atoms with E-state index in [1.54, 1.807) is 0 Å². The van der Waals surface area contributed by atoms with Crippen molar-refractivity contribution in [3.8, 4) is 0 Å². The van der Waals surface area contributed by atoms with Crippen LogP contribution in [-0.4, -0.2) is 90.9 Å². The molecule has 0 N–H and O–H groups in total. The number of hydrogen-bond acceptors (Lipinski definition) is 3. The average molecular weight is 322 g/mol. The molecule has 0 saturated carbocycles. The number of carbonyl (C=O) groups is 2. The second-order valence-corrected chi connectivity index (χ2v) is 7.42. The Hall–Kier alpha value is -1.30. The first-order chi connectivity index (χ1) is 11.1. The van der Waals surface area contributed by atoms with E-state index >= 15 is 0 Å². The van der Waals surface area contributed by atoms with Gasteiger partial charge in [0.05, 0.1) is 5.41 Å². The van der Waals surface area contributed by atoms with E-state index in [1.165, 1.54) is 0 Å². The third-order valence-corrected chi connectivity index (χ3v) is 5.72. The number of piperazine rings is 1. The smallest absolute Gasteiger partial charge is 0.320 e. The minimum Gasteiger partial charge on any atom is -0.342 e. The van der Waals surface area contributed by atoms with Crippen LogP contribution in [0.4, 0.5) is 4.79 Å². The van der Waals surface area contributed by atoms with Crippen molar-refractivity contribution in [2.75, 3.05) is 59.4 Å². The molecule has 1 spiro atoms. The van der Waals surface area contributed by atoms with Crippen LogP contribution in [-0.2, 0) is 4.79 Å². The summed E-state index contributed by atoms with van der Waals surface area (Å²) in [4.78, 5) is 33.8. The monoisotopic (exact) mass is 322 g/mol. The molecule has 0 aromatic heterocycles. The molecular formula is C17H30N4O2. The van der Waals surface area contributed by atoms with Gasteiger partial charge in [-0.3, -0.25) is 4.79 Å². The molecule has 3 saturated heterocycles. The molecule has 0 radical (unpaired) electrons. The standard InChI is InChI=1S/C17H30N4O2/c1-3-7-19-8-4-5-17(15(19)22)6-9-21(14-17)16(23)20-12-10-18(2)11-13-20/h3-14H2,1-2H3. The second-order valence-electron chi connectivity index (χ2n) is 7.42. The van der Waals surface area contributed by atoms with Crippen molar-refractivity contribution >= 4 is 11.9 Å². The van der Waals surface area contributed by atoms with Gasteiger partial charge in [-0.15, -0.1) is 0 Å². The number of amides is 3. The van der Waals surface area contributed by atoms with Gasteiger partial charge in [0.25, 0.3) is 0 Å². The van der Waals surface area contributed by atoms with Crippen molar-refractivity contribution in [2.45, 2.75) is 32.6 Å². The number of piperidine rings is 1. The molecule has 3 fully saturated rings. The Morgan fingerprint density at radius 1 is 1.04 bits per heavy atom. The number of carbonyl (C=O) groups excluding carboxylic acids is 2. The Morgan fingerprint density at radius 2 is 1.78 bits per heavy atom. The summed E-state index contributed by atoms with van der Waals surface area (Å²) >= 11 is 0. The molecule has 3 rings (SSSR count). The van der Waals surface area contributed by atoms with Gasteiger partial charge in [0.1, 0.15) is 0 Å². The van der Waals surface area contributed by atoms with E-state index in [1.807, 2.05) is 14.7 Å². The molecule has 3 aliphatic rings. The number of likely N-dealkylation sites (tertiary alicyclic amines) is 2. The predicted molar refractivity (Wildman–Crippen MR) is 89.2 cm³/mol. The third-order valence-electron chi connectivity index (χ3n) is 5.72. The second kappa shape index (κ2) is 6.67. The van der Waals surface area contributed by atoms with Gasteiger partial charge < -0.3 is 19.6 Å². The molecule has 23 heavy (non-hydrogen) atoms. The summed E-state index contributed by atoms with van der Waals surface area (Å²) in [5.74, 6) is 0.291. The lowest BCUT2D eigenvalue weighted by Crippen LogP contribution is -2.53. The highest BCUT2D eigenvalue weighted by Gasteiger charge is 2.49. The molecule has 0 bridgehead atoms. The Kier molecular flexibility index (Phi) is 4.80. The Morgan fingerprint density at radius 3 is 2.48 bits per heavy atom. The quantitative estimate of drug-likeness (QED) is 0.764. The fraction of sp³-hybridized carbons (Fsp3) is 0.882. The molecule has 1 atom stereocenters. The van der Waals surface area contributed by atoms with E-state index in [9.17, 15) is 9.59 Å². The Labute approximate surface area is 139 Å². The molecule has 0 aromatic rings. The van der Waals surface area contributed by atoms with Crippen LogP contribution in [0.5, 0.6) is 0 Å². The first-order valence-corrected chi connectivity index (χ1v) is 9.07. The van der Waals surface area contributed by atoms with E-state index in [-0.39, 0.29) is 11.4 Å². The van der Waals surface area contributed by atoms with Crippen LogP contribution in [0.25, 0.3) is 0 Å². The SMILES string of the molecule is CCCN1CCCC2(CCN(C(=O)N3CCN(C)CC3)C2)C1=O. The van der Waals surface area contributed by atoms with Crippen molar-refractivity contribution < 1.29 is 9.59 Å². The lowest BCUT2D eigenvalue weighted by atomic mass is 9.78. The van der Waals surface area contributed by atoms with Crippen molar-refractivity contribution in [1.82, 2.24) is 19.6 Å². The fourth-order valence-electron chi connectivity index (χ4n) is 4.25. The number of nitrogens with zero attached hydrogens (tertiary/aromatic N) is 4. The van der Waals surface area contributed by atoms with E-state index in [0.717, 1.165) is 71.5 Å². The lowest BCUT2D eigenvalue weighted by molar-refractivity contribution is -0.145. The van der Waals surface area contributed by atoms with Crippen LogP contribution in [0.15, 0.2) is 0 Å². The van der Waals surface area contributed by atoms with Gasteiger partial charge in [-0.2, -0.15) is 0 Å². The van der Waals surface area contributed by atoms with Crippen LogP contribution in [0, 0.1) is 5.41 Å². The third kappa shape index (κ3) is 3.18. The summed E-state index contributed by atoms with van der Waals surface area (Å²) in [6, 6.07) is 0.135. The van der Waals surface area contributed by atoms with Gasteiger partial charge >= 0.3 is 6.03 Å². The molecule has 3 aliphatic heterocycles. The molecule has 130 valence electrons. The normalized spacial score (nSPS) is 29.7. The largest absolute Gasteiger partial charge is 0.342 e. The molecular weight excluding hydrogens is 292 g/mol. The maximum Gasteiger partial charge on any atom is 0.320 e. The summed E-state index contributed by atoms with van der Waals surface area (Å²) in [5.41, 5.74) is -0.296. The van der Waals surface area contributed by atoms with E-state index in [4.69, 9.17) is 0 Å². The topological polar surface area (TPSA) is 47.1 Å². The summed E-state index contributed by atoms with van der Waals surface area (Å²) in [6.45, 7) is 8.69. The molecule has 0 aliphatic carbocycles. The highest BCUT2D eigenvalue weighted by atomic mass is 16.2. The summed E-state index contributed by atoms with van der Waals surface area (Å²) in [6.07, 6.45) is 3.86. The van der Waals surface area contributed by atoms with E-state index in [2.05, 4.69) is 18.9 Å². The Bertz CT molecular complexity index is 460. The van der Waals surface area contributed by atoms with E-state index in [0.29, 0.717) is 12.5 Å². The first kappa shape index (κ1) is 16.6. The van der Waals surface area contributed by atoms with Crippen LogP contribution >= 0.6 is 0 Å². The molecule has 6 nitrogen and oxygen atoms in total. The van der Waals surface area contributed by atoms with Crippen molar-refractivity contribution in [2.24, 2.45) is 5.41 Å². The van der Waals surface area contributed by atoms with Gasteiger partial charge in [0, 0.05) is 52.4 Å². The van der Waals surface area contributed by atoms with Crippen LogP contribution < -0.4 is 0 Å². The summed E-state index contributed by atoms with van der Waals surface area (Å²) < 4.78 is 0. The van der Waals surface area contributed by atoms with Gasteiger partial charge in [0.2, 0.25) is 5.91 Å². The predicted octanol–water partition coefficient (Wildman–Crippen LogP) is 1.08. The van der Waals surface area contributed by atoms with Gasteiger partial charge in [0.15, 0.2) is 0 Å². The van der Waals surface area contributed by atoms with Crippen LogP contribution in [0.3, 0.4) is 0 Å². The average Bonchev–Trinajstić information content (AvgIpc) is 2.97. The highest BCUT2D eigenvalue weighted by Crippen LogP contribution is 2.40. The van der Waals surface area contributed by atoms with Crippen LogP contribution in [0.1, 0.15) is 32.6 Å².